The Balaban J connectivity index is 0.000000735. The van der Waals surface area contributed by atoms with Gasteiger partial charge in [0.1, 0.15) is 0 Å². The first-order valence-electron chi connectivity index (χ1n) is 11.2. The van der Waals surface area contributed by atoms with Crippen LogP contribution in [0.25, 0.3) is 16.8 Å². The van der Waals surface area contributed by atoms with Gasteiger partial charge in [-0.3, -0.25) is 0 Å². The molecular weight excluding hydrogens is 386 g/mol. The molecule has 160 valence electrons. The van der Waals surface area contributed by atoms with Gasteiger partial charge in [0.2, 0.25) is 0 Å². The fourth-order valence-corrected chi connectivity index (χ4v) is 3.72. The summed E-state index contributed by atoms with van der Waals surface area (Å²) in [7, 11) is 0. The maximum absolute atomic E-state index is 6.41. The van der Waals surface area contributed by atoms with Crippen molar-refractivity contribution in [1.82, 2.24) is 0 Å². The zero-order valence-electron chi connectivity index (χ0n) is 19.2. The summed E-state index contributed by atoms with van der Waals surface area (Å²) in [5.41, 5.74) is 16.0. The van der Waals surface area contributed by atoms with Gasteiger partial charge in [-0.05, 0) is 77.8 Å². The van der Waals surface area contributed by atoms with Crippen molar-refractivity contribution in [2.75, 3.05) is 0 Å². The van der Waals surface area contributed by atoms with E-state index in [0.29, 0.717) is 0 Å². The van der Waals surface area contributed by atoms with Crippen molar-refractivity contribution in [1.29, 1.82) is 0 Å². The highest BCUT2D eigenvalue weighted by molar-refractivity contribution is 6.30. The Labute approximate surface area is 188 Å². The highest BCUT2D eigenvalue weighted by Gasteiger charge is 2.19. The van der Waals surface area contributed by atoms with Crippen LogP contribution in [-0.4, -0.2) is 0 Å². The molecule has 0 saturated carbocycles. The molecule has 2 heteroatoms. The predicted molar refractivity (Wildman–Crippen MR) is 135 cm³/mol. The second kappa shape index (κ2) is 11.8. The van der Waals surface area contributed by atoms with E-state index in [0.717, 1.165) is 35.5 Å². The van der Waals surface area contributed by atoms with Crippen LogP contribution in [-0.2, 0) is 6.42 Å². The highest BCUT2D eigenvalue weighted by Crippen LogP contribution is 2.35. The average Bonchev–Trinajstić information content (AvgIpc) is 3.09. The number of allylic oxidation sites excluding steroid dienone is 5. The molecule has 3 rings (SSSR count). The molecule has 0 heterocycles. The van der Waals surface area contributed by atoms with Crippen molar-refractivity contribution in [3.05, 3.63) is 87.5 Å². The van der Waals surface area contributed by atoms with E-state index >= 15 is 0 Å². The third-order valence-corrected chi connectivity index (χ3v) is 5.84. The first-order valence-corrected chi connectivity index (χ1v) is 11.6. The minimum atomic E-state index is 0.759. The zero-order chi connectivity index (χ0) is 22.1. The molecule has 2 aromatic carbocycles. The number of nitrogens with two attached hydrogens (primary N) is 1. The smallest absolute Gasteiger partial charge is 0.0412 e. The topological polar surface area (TPSA) is 26.0 Å². The summed E-state index contributed by atoms with van der Waals surface area (Å²) in [5, 5.41) is 0.759. The van der Waals surface area contributed by atoms with Crippen molar-refractivity contribution >= 4 is 28.4 Å². The summed E-state index contributed by atoms with van der Waals surface area (Å²) in [4.78, 5) is 0. The first kappa shape index (κ1) is 24.0. The van der Waals surface area contributed by atoms with Crippen molar-refractivity contribution in [3.8, 4) is 0 Å². The molecule has 0 aliphatic heterocycles. The van der Waals surface area contributed by atoms with Crippen LogP contribution in [0.4, 0.5) is 0 Å². The summed E-state index contributed by atoms with van der Waals surface area (Å²) in [6.07, 6.45) is 10.0. The normalized spacial score (nSPS) is 13.8. The molecule has 0 amide bonds. The van der Waals surface area contributed by atoms with E-state index in [1.54, 1.807) is 0 Å². The van der Waals surface area contributed by atoms with E-state index in [1.165, 1.54) is 46.3 Å². The maximum Gasteiger partial charge on any atom is 0.0412 e. The number of hydrogen-bond acceptors (Lipinski definition) is 1. The third-order valence-electron chi connectivity index (χ3n) is 5.60. The molecule has 2 N–H and O–H groups in total. The lowest BCUT2D eigenvalue weighted by Crippen LogP contribution is -1.97. The van der Waals surface area contributed by atoms with Gasteiger partial charge in [-0.15, -0.1) is 0 Å². The maximum atomic E-state index is 6.41. The molecular formula is C28H36ClN. The van der Waals surface area contributed by atoms with Gasteiger partial charge in [-0.25, -0.2) is 0 Å². The first-order chi connectivity index (χ1) is 14.5. The van der Waals surface area contributed by atoms with Gasteiger partial charge < -0.3 is 5.73 Å². The van der Waals surface area contributed by atoms with Crippen molar-refractivity contribution < 1.29 is 0 Å². The molecule has 0 spiro atoms. The standard InChI is InChI=1S/C24H26ClN.C4H10/c1-4-6-10-22(16(3)18-8-7-9-21(25)14-18)20-12-11-19-13-17(5-2)24(26)23(19)15-20;1-3-4-2/h6-12,14-15H,4-5,13,26H2,1-3H3;3-4H2,1-2H3/b10-6-,22-16-;. The molecule has 0 unspecified atom stereocenters. The summed E-state index contributed by atoms with van der Waals surface area (Å²) >= 11 is 6.21. The van der Waals surface area contributed by atoms with Crippen molar-refractivity contribution in [3.63, 3.8) is 0 Å². The van der Waals surface area contributed by atoms with Crippen LogP contribution >= 0.6 is 11.6 Å². The van der Waals surface area contributed by atoms with Crippen LogP contribution in [0.3, 0.4) is 0 Å². The van der Waals surface area contributed by atoms with Gasteiger partial charge in [-0.1, -0.05) is 88.6 Å². The lowest BCUT2D eigenvalue weighted by atomic mass is 9.93. The molecule has 2 aromatic rings. The van der Waals surface area contributed by atoms with E-state index in [1.807, 2.05) is 18.2 Å². The lowest BCUT2D eigenvalue weighted by molar-refractivity contribution is 0.886. The van der Waals surface area contributed by atoms with E-state index in [-0.39, 0.29) is 0 Å². The molecule has 0 radical (unpaired) electrons. The molecule has 0 bridgehead atoms. The van der Waals surface area contributed by atoms with Crippen LogP contribution in [0.5, 0.6) is 0 Å². The number of fused-ring (bicyclic) bond motifs is 1. The van der Waals surface area contributed by atoms with Gasteiger partial charge >= 0.3 is 0 Å². The van der Waals surface area contributed by atoms with Crippen LogP contribution in [0.1, 0.15) is 82.6 Å². The van der Waals surface area contributed by atoms with E-state index in [2.05, 4.69) is 71.0 Å². The van der Waals surface area contributed by atoms with Gasteiger partial charge in [0.25, 0.3) is 0 Å². The Morgan fingerprint density at radius 3 is 2.33 bits per heavy atom. The second-order valence-electron chi connectivity index (χ2n) is 7.78. The fraction of sp³-hybridized carbons (Fsp3) is 0.357. The predicted octanol–water partition coefficient (Wildman–Crippen LogP) is 8.68. The van der Waals surface area contributed by atoms with E-state index in [4.69, 9.17) is 17.3 Å². The summed E-state index contributed by atoms with van der Waals surface area (Å²) in [6.45, 7) is 10.8. The Hall–Kier alpha value is -2.25. The molecule has 0 saturated heterocycles. The molecule has 1 aliphatic carbocycles. The van der Waals surface area contributed by atoms with Gasteiger partial charge in [0.15, 0.2) is 0 Å². The summed E-state index contributed by atoms with van der Waals surface area (Å²) in [5.74, 6) is 0. The number of benzene rings is 2. The van der Waals surface area contributed by atoms with Crippen molar-refractivity contribution in [2.24, 2.45) is 5.73 Å². The van der Waals surface area contributed by atoms with Gasteiger partial charge in [0.05, 0.1) is 0 Å². The van der Waals surface area contributed by atoms with Crippen molar-refractivity contribution in [2.45, 2.75) is 66.7 Å². The molecule has 30 heavy (non-hydrogen) atoms. The molecule has 1 nitrogen and oxygen atoms in total. The minimum absolute atomic E-state index is 0.759. The fourth-order valence-electron chi connectivity index (χ4n) is 3.53. The minimum Gasteiger partial charge on any atom is -0.398 e. The second-order valence-corrected chi connectivity index (χ2v) is 8.22. The van der Waals surface area contributed by atoms with Crippen LogP contribution in [0.2, 0.25) is 5.02 Å². The third kappa shape index (κ3) is 5.89. The monoisotopic (exact) mass is 421 g/mol. The number of hydrogen-bond donors (Lipinski definition) is 1. The summed E-state index contributed by atoms with van der Waals surface area (Å²) < 4.78 is 0. The van der Waals surface area contributed by atoms with E-state index < -0.39 is 0 Å². The number of halogens is 1. The SMILES string of the molecule is CC/C=C\C(=C(/C)c1cccc(Cl)c1)c1ccc2c(c1)C(N)=C(CC)C2.CCCC. The number of rotatable bonds is 6. The quantitative estimate of drug-likeness (QED) is 0.366. The Kier molecular flexibility index (Phi) is 9.46. The van der Waals surface area contributed by atoms with Crippen LogP contribution in [0.15, 0.2) is 60.2 Å². The van der Waals surface area contributed by atoms with E-state index in [9.17, 15) is 0 Å². The lowest BCUT2D eigenvalue weighted by Gasteiger charge is -2.12. The van der Waals surface area contributed by atoms with Gasteiger partial charge in [-0.2, -0.15) is 0 Å². The molecule has 0 aromatic heterocycles. The highest BCUT2D eigenvalue weighted by atomic mass is 35.5. The zero-order valence-corrected chi connectivity index (χ0v) is 19.9. The van der Waals surface area contributed by atoms with Crippen LogP contribution < -0.4 is 5.73 Å². The van der Waals surface area contributed by atoms with Crippen LogP contribution in [0, 0.1) is 0 Å². The Morgan fingerprint density at radius 1 is 1.00 bits per heavy atom. The average molecular weight is 422 g/mol. The summed E-state index contributed by atoms with van der Waals surface area (Å²) in [6, 6.07) is 14.7. The Morgan fingerprint density at radius 2 is 1.73 bits per heavy atom. The largest absolute Gasteiger partial charge is 0.398 e. The molecule has 0 atom stereocenters. The molecule has 1 aliphatic rings. The number of unbranched alkanes of at least 4 members (excludes halogenated alkanes) is 1. The van der Waals surface area contributed by atoms with Gasteiger partial charge in [0, 0.05) is 16.3 Å². The molecule has 0 fully saturated rings. The Bertz CT molecular complexity index is 945.